The van der Waals surface area contributed by atoms with E-state index in [4.69, 9.17) is 0 Å². The van der Waals surface area contributed by atoms with Gasteiger partial charge in [-0.3, -0.25) is 4.79 Å². The number of anilines is 2. The quantitative estimate of drug-likeness (QED) is 0.904. The molecule has 3 rings (SSSR count). The standard InChI is InChI=1S/C17H18N2O/c1-12-8-9-16-15(10-12)18-13(2)17(20)19(16)11-14-6-4-3-5-7-14/h3-10,13,18H,11H2,1-2H3. The smallest absolute Gasteiger partial charge is 0.249 e. The molecule has 1 atom stereocenters. The second-order valence-electron chi connectivity index (χ2n) is 5.30. The van der Waals surface area contributed by atoms with Crippen molar-refractivity contribution >= 4 is 17.3 Å². The van der Waals surface area contributed by atoms with Crippen LogP contribution in [0, 0.1) is 6.92 Å². The van der Waals surface area contributed by atoms with Crippen LogP contribution in [0.1, 0.15) is 18.1 Å². The molecule has 1 unspecified atom stereocenters. The molecule has 0 bridgehead atoms. The lowest BCUT2D eigenvalue weighted by molar-refractivity contribution is -0.119. The number of hydrogen-bond donors (Lipinski definition) is 1. The van der Waals surface area contributed by atoms with Gasteiger partial charge < -0.3 is 10.2 Å². The van der Waals surface area contributed by atoms with Gasteiger partial charge in [0.05, 0.1) is 17.9 Å². The van der Waals surface area contributed by atoms with E-state index in [-0.39, 0.29) is 11.9 Å². The molecule has 0 saturated heterocycles. The van der Waals surface area contributed by atoms with Crippen LogP contribution in [0.3, 0.4) is 0 Å². The normalized spacial score (nSPS) is 17.6. The Morgan fingerprint density at radius 1 is 1.15 bits per heavy atom. The number of nitrogens with zero attached hydrogens (tertiary/aromatic N) is 1. The van der Waals surface area contributed by atoms with Crippen molar-refractivity contribution in [2.24, 2.45) is 0 Å². The summed E-state index contributed by atoms with van der Waals surface area (Å²) in [4.78, 5) is 14.3. The van der Waals surface area contributed by atoms with Gasteiger partial charge in [0.25, 0.3) is 0 Å². The molecule has 1 aliphatic rings. The highest BCUT2D eigenvalue weighted by molar-refractivity contribution is 6.04. The van der Waals surface area contributed by atoms with Crippen molar-refractivity contribution in [1.82, 2.24) is 0 Å². The van der Waals surface area contributed by atoms with Crippen LogP contribution < -0.4 is 10.2 Å². The van der Waals surface area contributed by atoms with E-state index in [1.807, 2.05) is 54.3 Å². The van der Waals surface area contributed by atoms with Gasteiger partial charge in [-0.2, -0.15) is 0 Å². The highest BCUT2D eigenvalue weighted by Crippen LogP contribution is 2.33. The molecule has 3 heteroatoms. The second-order valence-corrected chi connectivity index (χ2v) is 5.30. The first kappa shape index (κ1) is 12.7. The molecule has 0 spiro atoms. The Kier molecular flexibility index (Phi) is 3.18. The molecular weight excluding hydrogens is 248 g/mol. The second kappa shape index (κ2) is 5.00. The van der Waals surface area contributed by atoms with Crippen molar-refractivity contribution in [2.75, 3.05) is 10.2 Å². The summed E-state index contributed by atoms with van der Waals surface area (Å²) in [6.45, 7) is 4.58. The summed E-state index contributed by atoms with van der Waals surface area (Å²) < 4.78 is 0. The number of amides is 1. The number of aryl methyl sites for hydroxylation is 1. The van der Waals surface area contributed by atoms with E-state index in [0.29, 0.717) is 6.54 Å². The molecule has 2 aromatic rings. The van der Waals surface area contributed by atoms with Crippen molar-refractivity contribution in [3.05, 3.63) is 59.7 Å². The molecule has 0 saturated carbocycles. The Morgan fingerprint density at radius 3 is 2.65 bits per heavy atom. The number of carbonyl (C=O) groups is 1. The van der Waals surface area contributed by atoms with E-state index in [9.17, 15) is 4.79 Å². The molecule has 1 heterocycles. The predicted octanol–water partition coefficient (Wildman–Crippen LogP) is 3.34. The molecule has 0 aromatic heterocycles. The van der Waals surface area contributed by atoms with E-state index < -0.39 is 0 Å². The Balaban J connectivity index is 1.99. The topological polar surface area (TPSA) is 32.3 Å². The van der Waals surface area contributed by atoms with Crippen LogP contribution in [-0.4, -0.2) is 11.9 Å². The zero-order valence-corrected chi connectivity index (χ0v) is 11.8. The maximum absolute atomic E-state index is 12.4. The predicted molar refractivity (Wildman–Crippen MR) is 81.9 cm³/mol. The van der Waals surface area contributed by atoms with Gasteiger partial charge in [-0.15, -0.1) is 0 Å². The highest BCUT2D eigenvalue weighted by Gasteiger charge is 2.29. The Labute approximate surface area is 119 Å². The zero-order valence-electron chi connectivity index (χ0n) is 11.8. The summed E-state index contributed by atoms with van der Waals surface area (Å²) in [5.41, 5.74) is 4.33. The Bertz CT molecular complexity index is 637. The number of nitrogens with one attached hydrogen (secondary N) is 1. The van der Waals surface area contributed by atoms with Crippen LogP contribution in [0.2, 0.25) is 0 Å². The fourth-order valence-corrected chi connectivity index (χ4v) is 2.58. The van der Waals surface area contributed by atoms with E-state index in [1.165, 1.54) is 5.56 Å². The SMILES string of the molecule is Cc1ccc2c(c1)NC(C)C(=O)N2Cc1ccccc1. The molecule has 20 heavy (non-hydrogen) atoms. The lowest BCUT2D eigenvalue weighted by Gasteiger charge is -2.34. The van der Waals surface area contributed by atoms with Gasteiger partial charge in [0.15, 0.2) is 0 Å². The van der Waals surface area contributed by atoms with Crippen LogP contribution in [0.5, 0.6) is 0 Å². The van der Waals surface area contributed by atoms with Gasteiger partial charge in [0, 0.05) is 0 Å². The monoisotopic (exact) mass is 266 g/mol. The van der Waals surface area contributed by atoms with Gasteiger partial charge in [0.1, 0.15) is 6.04 Å². The largest absolute Gasteiger partial charge is 0.372 e. The Morgan fingerprint density at radius 2 is 1.90 bits per heavy atom. The van der Waals surface area contributed by atoms with E-state index >= 15 is 0 Å². The molecule has 1 aliphatic heterocycles. The van der Waals surface area contributed by atoms with Crippen molar-refractivity contribution in [1.29, 1.82) is 0 Å². The minimum atomic E-state index is -0.187. The molecule has 3 nitrogen and oxygen atoms in total. The van der Waals surface area contributed by atoms with E-state index in [0.717, 1.165) is 16.9 Å². The maximum atomic E-state index is 12.4. The lowest BCUT2D eigenvalue weighted by atomic mass is 10.1. The Hall–Kier alpha value is -2.29. The molecule has 0 fully saturated rings. The van der Waals surface area contributed by atoms with Gasteiger partial charge in [0.2, 0.25) is 5.91 Å². The summed E-state index contributed by atoms with van der Waals surface area (Å²) in [6, 6.07) is 16.1. The average molecular weight is 266 g/mol. The minimum absolute atomic E-state index is 0.116. The third-order valence-electron chi connectivity index (χ3n) is 3.63. The molecular formula is C17H18N2O. The van der Waals surface area contributed by atoms with Crippen LogP contribution in [0.25, 0.3) is 0 Å². The first-order valence-electron chi connectivity index (χ1n) is 6.87. The van der Waals surface area contributed by atoms with E-state index in [1.54, 1.807) is 0 Å². The molecule has 1 amide bonds. The highest BCUT2D eigenvalue weighted by atomic mass is 16.2. The maximum Gasteiger partial charge on any atom is 0.249 e. The van der Waals surface area contributed by atoms with Crippen molar-refractivity contribution < 1.29 is 4.79 Å². The number of carbonyl (C=O) groups excluding carboxylic acids is 1. The summed E-state index contributed by atoms with van der Waals surface area (Å²) in [5, 5.41) is 3.27. The molecule has 0 aliphatic carbocycles. The van der Waals surface area contributed by atoms with Crippen LogP contribution in [0.15, 0.2) is 48.5 Å². The van der Waals surface area contributed by atoms with Crippen LogP contribution >= 0.6 is 0 Å². The van der Waals surface area contributed by atoms with Crippen molar-refractivity contribution in [3.63, 3.8) is 0 Å². The zero-order chi connectivity index (χ0) is 14.1. The number of fused-ring (bicyclic) bond motifs is 1. The third-order valence-corrected chi connectivity index (χ3v) is 3.63. The molecule has 102 valence electrons. The van der Waals surface area contributed by atoms with Gasteiger partial charge in [-0.1, -0.05) is 36.4 Å². The molecule has 0 radical (unpaired) electrons. The van der Waals surface area contributed by atoms with Crippen LogP contribution in [-0.2, 0) is 11.3 Å². The number of hydrogen-bond acceptors (Lipinski definition) is 2. The summed E-state index contributed by atoms with van der Waals surface area (Å²) in [7, 11) is 0. The lowest BCUT2D eigenvalue weighted by Crippen LogP contribution is -2.45. The van der Waals surface area contributed by atoms with Gasteiger partial charge in [-0.05, 0) is 37.1 Å². The molecule has 1 N–H and O–H groups in total. The summed E-state index contributed by atoms with van der Waals surface area (Å²) in [6.07, 6.45) is 0. The van der Waals surface area contributed by atoms with Crippen molar-refractivity contribution in [2.45, 2.75) is 26.4 Å². The number of rotatable bonds is 2. The fourth-order valence-electron chi connectivity index (χ4n) is 2.58. The first-order valence-corrected chi connectivity index (χ1v) is 6.87. The summed E-state index contributed by atoms with van der Waals surface area (Å²) in [5.74, 6) is 0.116. The number of benzene rings is 2. The van der Waals surface area contributed by atoms with Crippen molar-refractivity contribution in [3.8, 4) is 0 Å². The summed E-state index contributed by atoms with van der Waals surface area (Å²) >= 11 is 0. The fraction of sp³-hybridized carbons (Fsp3) is 0.235. The van der Waals surface area contributed by atoms with Gasteiger partial charge >= 0.3 is 0 Å². The minimum Gasteiger partial charge on any atom is -0.372 e. The van der Waals surface area contributed by atoms with E-state index in [2.05, 4.69) is 18.3 Å². The average Bonchev–Trinajstić information content (AvgIpc) is 2.45. The molecule has 2 aromatic carbocycles. The van der Waals surface area contributed by atoms with Gasteiger partial charge in [-0.25, -0.2) is 0 Å². The van der Waals surface area contributed by atoms with Crippen LogP contribution in [0.4, 0.5) is 11.4 Å². The first-order chi connectivity index (χ1) is 9.65. The third kappa shape index (κ3) is 2.27.